The normalized spacial score (nSPS) is 30.7. The minimum absolute atomic E-state index is 0.547. The minimum atomic E-state index is -0.547. The lowest BCUT2D eigenvalue weighted by molar-refractivity contribution is 0.0398. The summed E-state index contributed by atoms with van der Waals surface area (Å²) in [5.41, 5.74) is 1.81. The highest BCUT2D eigenvalue weighted by Crippen LogP contribution is 2.43. The van der Waals surface area contributed by atoms with Gasteiger partial charge in [0.25, 0.3) is 0 Å². The SMILES string of the molecule is CCC1CCC(O)(c2ccc(C)cc2)C1. The molecule has 0 amide bonds. The molecule has 0 radical (unpaired) electrons. The molecule has 2 atom stereocenters. The highest BCUT2D eigenvalue weighted by atomic mass is 16.3. The third kappa shape index (κ3) is 2.07. The summed E-state index contributed by atoms with van der Waals surface area (Å²) in [4.78, 5) is 0. The van der Waals surface area contributed by atoms with Gasteiger partial charge >= 0.3 is 0 Å². The molecule has 1 saturated carbocycles. The average Bonchev–Trinajstić information content (AvgIpc) is 2.62. The summed E-state index contributed by atoms with van der Waals surface area (Å²) >= 11 is 0. The number of aliphatic hydroxyl groups is 1. The van der Waals surface area contributed by atoms with E-state index in [4.69, 9.17) is 0 Å². The van der Waals surface area contributed by atoms with Crippen molar-refractivity contribution in [3.63, 3.8) is 0 Å². The second kappa shape index (κ2) is 3.97. The lowest BCUT2D eigenvalue weighted by Gasteiger charge is -2.23. The van der Waals surface area contributed by atoms with Gasteiger partial charge in [-0.3, -0.25) is 0 Å². The highest BCUT2D eigenvalue weighted by Gasteiger charge is 2.37. The van der Waals surface area contributed by atoms with Gasteiger partial charge in [-0.2, -0.15) is 0 Å². The molecule has 1 aliphatic rings. The van der Waals surface area contributed by atoms with Gasteiger partial charge in [-0.15, -0.1) is 0 Å². The van der Waals surface area contributed by atoms with Crippen molar-refractivity contribution in [3.8, 4) is 0 Å². The van der Waals surface area contributed by atoms with Gasteiger partial charge in [0.05, 0.1) is 5.60 Å². The molecule has 15 heavy (non-hydrogen) atoms. The minimum Gasteiger partial charge on any atom is -0.385 e. The molecule has 1 aromatic carbocycles. The van der Waals surface area contributed by atoms with Crippen molar-refractivity contribution in [3.05, 3.63) is 35.4 Å². The maximum atomic E-state index is 10.6. The van der Waals surface area contributed by atoms with Crippen LogP contribution < -0.4 is 0 Å². The number of aryl methyl sites for hydroxylation is 1. The van der Waals surface area contributed by atoms with Gasteiger partial charge < -0.3 is 5.11 Å². The molecule has 2 rings (SSSR count). The van der Waals surface area contributed by atoms with Crippen LogP contribution in [0.25, 0.3) is 0 Å². The van der Waals surface area contributed by atoms with Crippen LogP contribution in [0.2, 0.25) is 0 Å². The predicted octanol–water partition coefficient (Wildman–Crippen LogP) is 3.39. The molecule has 0 bridgehead atoms. The summed E-state index contributed by atoms with van der Waals surface area (Å²) in [7, 11) is 0. The molecule has 1 nitrogen and oxygen atoms in total. The molecule has 0 aliphatic heterocycles. The Morgan fingerprint density at radius 2 is 2.00 bits per heavy atom. The molecule has 0 spiro atoms. The van der Waals surface area contributed by atoms with E-state index in [1.54, 1.807) is 0 Å². The Bertz CT molecular complexity index is 328. The van der Waals surface area contributed by atoms with Crippen LogP contribution >= 0.6 is 0 Å². The van der Waals surface area contributed by atoms with Crippen molar-refractivity contribution in [2.24, 2.45) is 5.92 Å². The van der Waals surface area contributed by atoms with Gasteiger partial charge in [0.2, 0.25) is 0 Å². The lowest BCUT2D eigenvalue weighted by Crippen LogP contribution is -2.21. The fourth-order valence-corrected chi connectivity index (χ4v) is 2.60. The number of hydrogen-bond acceptors (Lipinski definition) is 1. The highest BCUT2D eigenvalue weighted by molar-refractivity contribution is 5.27. The topological polar surface area (TPSA) is 20.2 Å². The van der Waals surface area contributed by atoms with Crippen LogP contribution in [0.15, 0.2) is 24.3 Å². The van der Waals surface area contributed by atoms with Gasteiger partial charge in [-0.1, -0.05) is 43.2 Å². The average molecular weight is 204 g/mol. The maximum absolute atomic E-state index is 10.6. The van der Waals surface area contributed by atoms with E-state index in [2.05, 4.69) is 38.1 Å². The lowest BCUT2D eigenvalue weighted by atomic mass is 9.90. The second-order valence-corrected chi connectivity index (χ2v) is 4.91. The first-order valence-electron chi connectivity index (χ1n) is 5.93. The Kier molecular flexibility index (Phi) is 2.83. The molecular weight excluding hydrogens is 184 g/mol. The monoisotopic (exact) mass is 204 g/mol. The zero-order valence-electron chi connectivity index (χ0n) is 9.66. The molecule has 82 valence electrons. The molecular formula is C14H20O. The Morgan fingerprint density at radius 3 is 2.53 bits per heavy atom. The number of benzene rings is 1. The Balaban J connectivity index is 2.20. The molecule has 0 heterocycles. The van der Waals surface area contributed by atoms with E-state index < -0.39 is 5.60 Å². The summed E-state index contributed by atoms with van der Waals surface area (Å²) in [6, 6.07) is 8.33. The van der Waals surface area contributed by atoms with Crippen LogP contribution in [0.5, 0.6) is 0 Å². The summed E-state index contributed by atoms with van der Waals surface area (Å²) in [6.45, 7) is 4.29. The Morgan fingerprint density at radius 1 is 1.33 bits per heavy atom. The van der Waals surface area contributed by atoms with E-state index in [1.807, 2.05) is 0 Å². The third-order valence-electron chi connectivity index (χ3n) is 3.76. The zero-order chi connectivity index (χ0) is 10.9. The van der Waals surface area contributed by atoms with Crippen LogP contribution in [-0.2, 0) is 5.60 Å². The van der Waals surface area contributed by atoms with Gasteiger partial charge in [0.1, 0.15) is 0 Å². The largest absolute Gasteiger partial charge is 0.385 e. The van der Waals surface area contributed by atoms with Crippen LogP contribution in [0.4, 0.5) is 0 Å². The molecule has 1 fully saturated rings. The van der Waals surface area contributed by atoms with Crippen LogP contribution in [-0.4, -0.2) is 5.11 Å². The van der Waals surface area contributed by atoms with Crippen molar-refractivity contribution < 1.29 is 5.11 Å². The van der Waals surface area contributed by atoms with E-state index in [0.29, 0.717) is 5.92 Å². The van der Waals surface area contributed by atoms with Gasteiger partial charge in [0, 0.05) is 0 Å². The molecule has 1 aromatic rings. The zero-order valence-corrected chi connectivity index (χ0v) is 9.66. The number of rotatable bonds is 2. The maximum Gasteiger partial charge on any atom is 0.0899 e. The van der Waals surface area contributed by atoms with E-state index in [9.17, 15) is 5.11 Å². The fourth-order valence-electron chi connectivity index (χ4n) is 2.60. The summed E-state index contributed by atoms with van der Waals surface area (Å²) in [5, 5.41) is 10.6. The summed E-state index contributed by atoms with van der Waals surface area (Å²) < 4.78 is 0. The molecule has 1 aliphatic carbocycles. The first kappa shape index (κ1) is 10.7. The smallest absolute Gasteiger partial charge is 0.0899 e. The van der Waals surface area contributed by atoms with Gasteiger partial charge in [-0.05, 0) is 37.7 Å². The van der Waals surface area contributed by atoms with Crippen LogP contribution in [0, 0.1) is 12.8 Å². The van der Waals surface area contributed by atoms with Crippen molar-refractivity contribution in [2.75, 3.05) is 0 Å². The van der Waals surface area contributed by atoms with Gasteiger partial charge in [0.15, 0.2) is 0 Å². The molecule has 2 unspecified atom stereocenters. The van der Waals surface area contributed by atoms with Crippen LogP contribution in [0.1, 0.15) is 43.7 Å². The standard InChI is InChI=1S/C14H20O/c1-3-12-8-9-14(15,10-12)13-6-4-11(2)5-7-13/h4-7,12,15H,3,8-10H2,1-2H3. The first-order valence-corrected chi connectivity index (χ1v) is 5.93. The second-order valence-electron chi connectivity index (χ2n) is 4.91. The van der Waals surface area contributed by atoms with Crippen LogP contribution in [0.3, 0.4) is 0 Å². The summed E-state index contributed by atoms with van der Waals surface area (Å²) in [5.74, 6) is 0.705. The quantitative estimate of drug-likeness (QED) is 0.783. The van der Waals surface area contributed by atoms with E-state index >= 15 is 0 Å². The Labute approximate surface area is 92.1 Å². The summed E-state index contributed by atoms with van der Waals surface area (Å²) in [6.07, 6.45) is 4.22. The predicted molar refractivity (Wildman–Crippen MR) is 62.7 cm³/mol. The van der Waals surface area contributed by atoms with Crippen molar-refractivity contribution in [1.82, 2.24) is 0 Å². The molecule has 1 heteroatoms. The fraction of sp³-hybridized carbons (Fsp3) is 0.571. The Hall–Kier alpha value is -0.820. The molecule has 0 aromatic heterocycles. The van der Waals surface area contributed by atoms with Crippen molar-refractivity contribution in [1.29, 1.82) is 0 Å². The van der Waals surface area contributed by atoms with Gasteiger partial charge in [-0.25, -0.2) is 0 Å². The first-order chi connectivity index (χ1) is 7.14. The van der Waals surface area contributed by atoms with Crippen molar-refractivity contribution in [2.45, 2.75) is 45.1 Å². The van der Waals surface area contributed by atoms with E-state index in [-0.39, 0.29) is 0 Å². The third-order valence-corrected chi connectivity index (χ3v) is 3.76. The van der Waals surface area contributed by atoms with E-state index in [0.717, 1.165) is 18.4 Å². The molecule has 0 saturated heterocycles. The van der Waals surface area contributed by atoms with E-state index in [1.165, 1.54) is 18.4 Å². The molecule has 1 N–H and O–H groups in total. The number of hydrogen-bond donors (Lipinski definition) is 1. The van der Waals surface area contributed by atoms with Crippen molar-refractivity contribution >= 4 is 0 Å².